The van der Waals surface area contributed by atoms with Crippen LogP contribution in [0.1, 0.15) is 17.5 Å². The van der Waals surface area contributed by atoms with Crippen LogP contribution in [-0.4, -0.2) is 29.3 Å². The molecule has 0 bridgehead atoms. The second-order valence-electron chi connectivity index (χ2n) is 5.30. The number of phenolic OH excluding ortho intramolecular Hbond substituents is 1. The van der Waals surface area contributed by atoms with Crippen LogP contribution in [0.2, 0.25) is 0 Å². The van der Waals surface area contributed by atoms with Crippen molar-refractivity contribution in [1.29, 1.82) is 0 Å². The summed E-state index contributed by atoms with van der Waals surface area (Å²) in [7, 11) is 1.93. The molecule has 114 valence electrons. The van der Waals surface area contributed by atoms with Gasteiger partial charge in [0.1, 0.15) is 17.3 Å². The van der Waals surface area contributed by atoms with Gasteiger partial charge in [-0.1, -0.05) is 12.1 Å². The molecule has 0 fully saturated rings. The minimum absolute atomic E-state index is 0.141. The number of nitrogens with zero attached hydrogens (tertiary/aromatic N) is 4. The van der Waals surface area contributed by atoms with Crippen LogP contribution in [0, 0.1) is 6.92 Å². The number of phenols is 1. The number of benzene rings is 1. The number of aliphatic hydroxyl groups is 1. The van der Waals surface area contributed by atoms with E-state index in [4.69, 9.17) is 0 Å². The van der Waals surface area contributed by atoms with Gasteiger partial charge in [-0.25, -0.2) is 9.97 Å². The van der Waals surface area contributed by atoms with E-state index in [1.807, 2.05) is 35.5 Å². The molecule has 0 saturated heterocycles. The normalized spacial score (nSPS) is 12.5. The Morgan fingerprint density at radius 1 is 1.32 bits per heavy atom. The standard InChI is InChI=1S/C16H18N4O2/c1-11-18-14(9-19(11)2)16-17-6-7-20(16)10-15(22)12-4-3-5-13(21)8-12/h3-9,15,21-22H,10H2,1-2H3. The Hall–Kier alpha value is -2.60. The van der Waals surface area contributed by atoms with E-state index in [0.717, 1.165) is 11.5 Å². The summed E-state index contributed by atoms with van der Waals surface area (Å²) in [5, 5.41) is 19.9. The lowest BCUT2D eigenvalue weighted by Gasteiger charge is -2.13. The van der Waals surface area contributed by atoms with Crippen molar-refractivity contribution in [2.45, 2.75) is 19.6 Å². The van der Waals surface area contributed by atoms with Crippen molar-refractivity contribution >= 4 is 0 Å². The number of aromatic nitrogens is 4. The lowest BCUT2D eigenvalue weighted by atomic mass is 10.1. The SMILES string of the molecule is Cc1nc(-c2nccn2CC(O)c2cccc(O)c2)cn1C. The van der Waals surface area contributed by atoms with Crippen LogP contribution in [-0.2, 0) is 13.6 Å². The first-order chi connectivity index (χ1) is 10.5. The molecule has 6 nitrogen and oxygen atoms in total. The second kappa shape index (κ2) is 5.65. The van der Waals surface area contributed by atoms with E-state index in [2.05, 4.69) is 9.97 Å². The third-order valence-corrected chi connectivity index (χ3v) is 3.68. The van der Waals surface area contributed by atoms with E-state index in [9.17, 15) is 10.2 Å². The number of aliphatic hydroxyl groups excluding tert-OH is 1. The molecule has 0 radical (unpaired) electrons. The molecule has 0 amide bonds. The lowest BCUT2D eigenvalue weighted by Crippen LogP contribution is -2.09. The molecule has 0 saturated carbocycles. The van der Waals surface area contributed by atoms with Gasteiger partial charge in [-0.05, 0) is 24.6 Å². The smallest absolute Gasteiger partial charge is 0.160 e. The zero-order valence-corrected chi connectivity index (χ0v) is 12.5. The van der Waals surface area contributed by atoms with Crippen LogP contribution in [0.25, 0.3) is 11.5 Å². The maximum atomic E-state index is 10.4. The number of hydrogen-bond acceptors (Lipinski definition) is 4. The van der Waals surface area contributed by atoms with Gasteiger partial charge in [0.25, 0.3) is 0 Å². The highest BCUT2D eigenvalue weighted by atomic mass is 16.3. The Morgan fingerprint density at radius 3 is 2.82 bits per heavy atom. The molecule has 1 aromatic carbocycles. The summed E-state index contributed by atoms with van der Waals surface area (Å²) in [5.74, 6) is 1.75. The average molecular weight is 298 g/mol. The molecular weight excluding hydrogens is 280 g/mol. The Bertz CT molecular complexity index is 772. The zero-order chi connectivity index (χ0) is 15.7. The molecule has 2 heterocycles. The largest absolute Gasteiger partial charge is 0.508 e. The summed E-state index contributed by atoms with van der Waals surface area (Å²) in [6, 6.07) is 6.64. The van der Waals surface area contributed by atoms with Crippen molar-refractivity contribution in [3.63, 3.8) is 0 Å². The molecule has 0 aliphatic rings. The first kappa shape index (κ1) is 14.3. The number of aryl methyl sites for hydroxylation is 2. The van der Waals surface area contributed by atoms with Crippen LogP contribution < -0.4 is 0 Å². The van der Waals surface area contributed by atoms with Gasteiger partial charge in [0.2, 0.25) is 0 Å². The topological polar surface area (TPSA) is 76.1 Å². The highest BCUT2D eigenvalue weighted by molar-refractivity contribution is 5.49. The molecule has 6 heteroatoms. The Balaban J connectivity index is 1.86. The molecule has 3 rings (SSSR count). The third-order valence-electron chi connectivity index (χ3n) is 3.68. The maximum absolute atomic E-state index is 10.4. The minimum atomic E-state index is -0.732. The van der Waals surface area contributed by atoms with Gasteiger partial charge in [0, 0.05) is 25.6 Å². The molecule has 1 unspecified atom stereocenters. The number of imidazole rings is 2. The fourth-order valence-corrected chi connectivity index (χ4v) is 2.38. The fraction of sp³-hybridized carbons (Fsp3) is 0.250. The lowest BCUT2D eigenvalue weighted by molar-refractivity contribution is 0.156. The van der Waals surface area contributed by atoms with Crippen molar-refractivity contribution in [3.05, 3.63) is 54.2 Å². The molecule has 0 aliphatic heterocycles. The van der Waals surface area contributed by atoms with Crippen molar-refractivity contribution < 1.29 is 10.2 Å². The Kier molecular flexibility index (Phi) is 3.68. The van der Waals surface area contributed by atoms with E-state index in [-0.39, 0.29) is 5.75 Å². The van der Waals surface area contributed by atoms with Crippen molar-refractivity contribution in [3.8, 4) is 17.3 Å². The zero-order valence-electron chi connectivity index (χ0n) is 12.5. The van der Waals surface area contributed by atoms with E-state index < -0.39 is 6.10 Å². The molecule has 0 aliphatic carbocycles. The van der Waals surface area contributed by atoms with Gasteiger partial charge in [-0.2, -0.15) is 0 Å². The van der Waals surface area contributed by atoms with E-state index in [0.29, 0.717) is 17.9 Å². The van der Waals surface area contributed by atoms with E-state index in [1.165, 1.54) is 0 Å². The molecular formula is C16H18N4O2. The van der Waals surface area contributed by atoms with Crippen LogP contribution in [0.15, 0.2) is 42.9 Å². The summed E-state index contributed by atoms with van der Waals surface area (Å²) < 4.78 is 3.79. The first-order valence-electron chi connectivity index (χ1n) is 7.03. The van der Waals surface area contributed by atoms with Crippen LogP contribution in [0.5, 0.6) is 5.75 Å². The van der Waals surface area contributed by atoms with Gasteiger partial charge < -0.3 is 19.3 Å². The van der Waals surface area contributed by atoms with Crippen LogP contribution >= 0.6 is 0 Å². The minimum Gasteiger partial charge on any atom is -0.508 e. The molecule has 1 atom stereocenters. The number of rotatable bonds is 4. The van der Waals surface area contributed by atoms with Gasteiger partial charge in [-0.15, -0.1) is 0 Å². The summed E-state index contributed by atoms with van der Waals surface area (Å²) in [4.78, 5) is 8.80. The van der Waals surface area contributed by atoms with Gasteiger partial charge in [-0.3, -0.25) is 0 Å². The fourth-order valence-electron chi connectivity index (χ4n) is 2.38. The summed E-state index contributed by atoms with van der Waals surface area (Å²) in [6.07, 6.45) is 4.68. The highest BCUT2D eigenvalue weighted by Crippen LogP contribution is 2.22. The molecule has 3 aromatic rings. The maximum Gasteiger partial charge on any atom is 0.160 e. The van der Waals surface area contributed by atoms with Crippen molar-refractivity contribution in [2.24, 2.45) is 7.05 Å². The third kappa shape index (κ3) is 2.73. The monoisotopic (exact) mass is 298 g/mol. The first-order valence-corrected chi connectivity index (χ1v) is 7.03. The summed E-state index contributed by atoms with van der Waals surface area (Å²) in [5.41, 5.74) is 1.44. The predicted molar refractivity (Wildman–Crippen MR) is 82.2 cm³/mol. The highest BCUT2D eigenvalue weighted by Gasteiger charge is 2.15. The quantitative estimate of drug-likeness (QED) is 0.772. The van der Waals surface area contributed by atoms with Crippen LogP contribution in [0.4, 0.5) is 0 Å². The van der Waals surface area contributed by atoms with E-state index >= 15 is 0 Å². The molecule has 0 spiro atoms. The van der Waals surface area contributed by atoms with Gasteiger partial charge in [0.05, 0.1) is 12.6 Å². The Morgan fingerprint density at radius 2 is 2.14 bits per heavy atom. The molecule has 22 heavy (non-hydrogen) atoms. The Labute approximate surface area is 128 Å². The molecule has 2 N–H and O–H groups in total. The van der Waals surface area contributed by atoms with Crippen molar-refractivity contribution in [1.82, 2.24) is 19.1 Å². The number of hydrogen-bond donors (Lipinski definition) is 2. The van der Waals surface area contributed by atoms with Crippen molar-refractivity contribution in [2.75, 3.05) is 0 Å². The second-order valence-corrected chi connectivity index (χ2v) is 5.30. The summed E-state index contributed by atoms with van der Waals surface area (Å²) >= 11 is 0. The number of aromatic hydroxyl groups is 1. The van der Waals surface area contributed by atoms with Gasteiger partial charge >= 0.3 is 0 Å². The predicted octanol–water partition coefficient (Wildman–Crippen LogP) is 2.03. The van der Waals surface area contributed by atoms with E-state index in [1.54, 1.807) is 30.5 Å². The average Bonchev–Trinajstić information content (AvgIpc) is 3.06. The molecule has 2 aromatic heterocycles. The van der Waals surface area contributed by atoms with Crippen LogP contribution in [0.3, 0.4) is 0 Å². The summed E-state index contributed by atoms with van der Waals surface area (Å²) in [6.45, 7) is 2.27. The van der Waals surface area contributed by atoms with Gasteiger partial charge in [0.15, 0.2) is 5.82 Å².